The van der Waals surface area contributed by atoms with Gasteiger partial charge in [-0.2, -0.15) is 4.39 Å². The molecule has 0 saturated heterocycles. The molecule has 2 nitrogen and oxygen atoms in total. The average Bonchev–Trinajstić information content (AvgIpc) is 3.01. The number of pyridine rings is 1. The van der Waals surface area contributed by atoms with E-state index >= 15 is 0 Å². The number of halogens is 1. The first kappa shape index (κ1) is 15.8. The first-order valence-corrected chi connectivity index (χ1v) is 8.93. The van der Waals surface area contributed by atoms with E-state index in [0.29, 0.717) is 0 Å². The molecule has 0 aliphatic heterocycles. The molecule has 2 heterocycles. The molecular weight excluding hydrogens is 311 g/mol. The van der Waals surface area contributed by atoms with Crippen LogP contribution >= 0.6 is 0 Å². The van der Waals surface area contributed by atoms with Crippen molar-refractivity contribution in [2.45, 2.75) is 32.6 Å². The number of nitrogens with zero attached hydrogens (tertiary/aromatic N) is 1. The molecule has 25 heavy (non-hydrogen) atoms. The summed E-state index contributed by atoms with van der Waals surface area (Å²) < 4.78 is 14.2. The zero-order valence-electron chi connectivity index (χ0n) is 14.3. The number of nitrogens with one attached hydrogen (secondary N) is 1. The second-order valence-corrected chi connectivity index (χ2v) is 6.49. The summed E-state index contributed by atoms with van der Waals surface area (Å²) >= 11 is 0. The molecule has 0 aliphatic rings. The zero-order chi connectivity index (χ0) is 17.2. The van der Waals surface area contributed by atoms with E-state index in [0.717, 1.165) is 64.3 Å². The second kappa shape index (κ2) is 6.67. The molecule has 0 atom stereocenters. The van der Waals surface area contributed by atoms with Crippen molar-refractivity contribution in [1.82, 2.24) is 9.97 Å². The highest BCUT2D eigenvalue weighted by molar-refractivity contribution is 6.14. The smallest absolute Gasteiger partial charge is 0.213 e. The van der Waals surface area contributed by atoms with Gasteiger partial charge in [-0.15, -0.1) is 0 Å². The highest BCUT2D eigenvalue weighted by atomic mass is 19.1. The Bertz CT molecular complexity index is 1020. The maximum Gasteiger partial charge on any atom is 0.213 e. The Balaban J connectivity index is 1.96. The van der Waals surface area contributed by atoms with Crippen LogP contribution in [0.4, 0.5) is 4.39 Å². The molecule has 4 rings (SSSR count). The summed E-state index contributed by atoms with van der Waals surface area (Å²) in [6.07, 6.45) is 4.11. The molecule has 1 N–H and O–H groups in total. The van der Waals surface area contributed by atoms with E-state index in [1.54, 1.807) is 6.07 Å². The van der Waals surface area contributed by atoms with Gasteiger partial charge in [0, 0.05) is 22.4 Å². The number of H-pyrrole nitrogens is 1. The summed E-state index contributed by atoms with van der Waals surface area (Å²) in [5, 5.41) is 2.00. The lowest BCUT2D eigenvalue weighted by Gasteiger charge is -2.05. The summed E-state index contributed by atoms with van der Waals surface area (Å²) in [7, 11) is 0. The van der Waals surface area contributed by atoms with Gasteiger partial charge in [0.15, 0.2) is 0 Å². The summed E-state index contributed by atoms with van der Waals surface area (Å²) in [5.74, 6) is -0.400. The van der Waals surface area contributed by atoms with E-state index in [2.05, 4.69) is 41.2 Å². The monoisotopic (exact) mass is 332 g/mol. The van der Waals surface area contributed by atoms with Crippen molar-refractivity contribution in [2.24, 2.45) is 0 Å². The molecule has 0 saturated carbocycles. The number of unbranched alkanes of at least 4 members (excludes halogenated alkanes) is 2. The molecular formula is C22H21FN2. The normalized spacial score (nSPS) is 11.4. The minimum absolute atomic E-state index is 0.400. The van der Waals surface area contributed by atoms with Crippen molar-refractivity contribution in [3.05, 3.63) is 66.2 Å². The molecule has 0 amide bonds. The molecule has 0 bridgehead atoms. The summed E-state index contributed by atoms with van der Waals surface area (Å²) in [6.45, 7) is 2.17. The van der Waals surface area contributed by atoms with Crippen LogP contribution in [-0.4, -0.2) is 9.97 Å². The van der Waals surface area contributed by atoms with Gasteiger partial charge in [-0.05, 0) is 30.0 Å². The van der Waals surface area contributed by atoms with Crippen LogP contribution < -0.4 is 0 Å². The van der Waals surface area contributed by atoms with Crippen molar-refractivity contribution < 1.29 is 4.39 Å². The van der Waals surface area contributed by atoms with Crippen molar-refractivity contribution in [3.63, 3.8) is 0 Å². The third-order valence-electron chi connectivity index (χ3n) is 4.76. The van der Waals surface area contributed by atoms with Gasteiger partial charge >= 0.3 is 0 Å². The number of hydrogen-bond acceptors (Lipinski definition) is 1. The largest absolute Gasteiger partial charge is 0.353 e. The van der Waals surface area contributed by atoms with Crippen LogP contribution in [0.1, 0.15) is 31.9 Å². The first-order valence-electron chi connectivity index (χ1n) is 8.93. The standard InChI is InChI=1S/C22H21FN2/c1-2-3-5-12-19-22-17(14-20(23)24-19)21-16(11-8-13-18(21)25-22)15-9-6-4-7-10-15/h4,6-11,13-14,25H,2-3,5,12H2,1H3. The molecule has 3 heteroatoms. The number of aromatic amines is 1. The number of aromatic nitrogens is 2. The fourth-order valence-electron chi connectivity index (χ4n) is 3.56. The van der Waals surface area contributed by atoms with Crippen molar-refractivity contribution in [2.75, 3.05) is 0 Å². The van der Waals surface area contributed by atoms with Gasteiger partial charge in [0.25, 0.3) is 0 Å². The van der Waals surface area contributed by atoms with Crippen LogP contribution in [0.5, 0.6) is 0 Å². The van der Waals surface area contributed by atoms with Gasteiger partial charge in [0.2, 0.25) is 5.95 Å². The number of hydrogen-bond donors (Lipinski definition) is 1. The molecule has 126 valence electrons. The van der Waals surface area contributed by atoms with E-state index in [4.69, 9.17) is 0 Å². The van der Waals surface area contributed by atoms with Crippen molar-refractivity contribution >= 4 is 21.8 Å². The molecule has 0 unspecified atom stereocenters. The average molecular weight is 332 g/mol. The van der Waals surface area contributed by atoms with E-state index in [9.17, 15) is 4.39 Å². The van der Waals surface area contributed by atoms with Gasteiger partial charge in [0.05, 0.1) is 11.2 Å². The van der Waals surface area contributed by atoms with Gasteiger partial charge in [-0.25, -0.2) is 4.98 Å². The van der Waals surface area contributed by atoms with Crippen molar-refractivity contribution in [3.8, 4) is 11.1 Å². The van der Waals surface area contributed by atoms with Crippen LogP contribution in [0.3, 0.4) is 0 Å². The summed E-state index contributed by atoms with van der Waals surface area (Å²) in [6, 6.07) is 18.0. The minimum atomic E-state index is -0.400. The Morgan fingerprint density at radius 3 is 2.64 bits per heavy atom. The van der Waals surface area contributed by atoms with Crippen LogP contribution in [-0.2, 0) is 6.42 Å². The fraction of sp³-hybridized carbons (Fsp3) is 0.227. The molecule has 2 aromatic heterocycles. The number of benzene rings is 2. The van der Waals surface area contributed by atoms with Gasteiger partial charge in [-0.1, -0.05) is 62.2 Å². The lowest BCUT2D eigenvalue weighted by atomic mass is 9.99. The third kappa shape index (κ3) is 2.91. The van der Waals surface area contributed by atoms with E-state index in [-0.39, 0.29) is 0 Å². The molecule has 0 spiro atoms. The Morgan fingerprint density at radius 1 is 1.00 bits per heavy atom. The fourth-order valence-corrected chi connectivity index (χ4v) is 3.56. The first-order chi connectivity index (χ1) is 12.3. The minimum Gasteiger partial charge on any atom is -0.353 e. The lowest BCUT2D eigenvalue weighted by Crippen LogP contribution is -1.95. The van der Waals surface area contributed by atoms with Crippen LogP contribution in [0, 0.1) is 5.95 Å². The topological polar surface area (TPSA) is 28.7 Å². The molecule has 0 aliphatic carbocycles. The summed E-state index contributed by atoms with van der Waals surface area (Å²) in [4.78, 5) is 7.65. The third-order valence-corrected chi connectivity index (χ3v) is 4.76. The summed E-state index contributed by atoms with van der Waals surface area (Å²) in [5.41, 5.74) is 5.09. The Hall–Kier alpha value is -2.68. The van der Waals surface area contributed by atoms with Crippen molar-refractivity contribution in [1.29, 1.82) is 0 Å². The lowest BCUT2D eigenvalue weighted by molar-refractivity contribution is 0.576. The number of rotatable bonds is 5. The Labute approximate surface area is 146 Å². The second-order valence-electron chi connectivity index (χ2n) is 6.49. The van der Waals surface area contributed by atoms with Crippen LogP contribution in [0.25, 0.3) is 32.9 Å². The van der Waals surface area contributed by atoms with Gasteiger partial charge in [-0.3, -0.25) is 0 Å². The van der Waals surface area contributed by atoms with Gasteiger partial charge in [0.1, 0.15) is 0 Å². The Morgan fingerprint density at radius 2 is 1.84 bits per heavy atom. The maximum atomic E-state index is 14.2. The zero-order valence-corrected chi connectivity index (χ0v) is 14.3. The molecule has 0 fully saturated rings. The number of aryl methyl sites for hydroxylation is 1. The highest BCUT2D eigenvalue weighted by Crippen LogP contribution is 2.35. The number of fused-ring (bicyclic) bond motifs is 3. The molecule has 0 radical (unpaired) electrons. The van der Waals surface area contributed by atoms with Crippen LogP contribution in [0.2, 0.25) is 0 Å². The van der Waals surface area contributed by atoms with E-state index < -0.39 is 5.95 Å². The van der Waals surface area contributed by atoms with E-state index in [1.807, 2.05) is 24.3 Å². The molecule has 2 aromatic carbocycles. The SMILES string of the molecule is CCCCCc1nc(F)cc2c1[nH]c1cccc(-c3ccccc3)c12. The van der Waals surface area contributed by atoms with E-state index in [1.165, 1.54) is 0 Å². The van der Waals surface area contributed by atoms with Gasteiger partial charge < -0.3 is 4.98 Å². The predicted octanol–water partition coefficient (Wildman–Crippen LogP) is 6.25. The predicted molar refractivity (Wildman–Crippen MR) is 102 cm³/mol. The Kier molecular flexibility index (Phi) is 4.22. The van der Waals surface area contributed by atoms with Crippen LogP contribution in [0.15, 0.2) is 54.6 Å². The quantitative estimate of drug-likeness (QED) is 0.339. The maximum absolute atomic E-state index is 14.2. The highest BCUT2D eigenvalue weighted by Gasteiger charge is 2.15. The molecule has 4 aromatic rings.